The van der Waals surface area contributed by atoms with Crippen LogP contribution < -0.4 is 0 Å². The van der Waals surface area contributed by atoms with E-state index in [-0.39, 0.29) is 11.7 Å². The first kappa shape index (κ1) is 14.0. The van der Waals surface area contributed by atoms with Gasteiger partial charge in [-0.05, 0) is 24.6 Å². The highest BCUT2D eigenvalue weighted by molar-refractivity contribution is 9.10. The van der Waals surface area contributed by atoms with Crippen LogP contribution in [0.2, 0.25) is 0 Å². The van der Waals surface area contributed by atoms with Gasteiger partial charge in [-0.15, -0.1) is 0 Å². The summed E-state index contributed by atoms with van der Waals surface area (Å²) < 4.78 is 18.7. The van der Waals surface area contributed by atoms with Gasteiger partial charge in [-0.25, -0.2) is 9.18 Å². The van der Waals surface area contributed by atoms with Gasteiger partial charge < -0.3 is 9.57 Å². The molecule has 1 aliphatic heterocycles. The molecule has 0 aliphatic carbocycles. The van der Waals surface area contributed by atoms with Crippen molar-refractivity contribution < 1.29 is 18.8 Å². The summed E-state index contributed by atoms with van der Waals surface area (Å²) in [5.41, 5.74) is 1.17. The first-order chi connectivity index (χ1) is 9.06. The quantitative estimate of drug-likeness (QED) is 0.801. The summed E-state index contributed by atoms with van der Waals surface area (Å²) in [6.07, 6.45) is -0.112. The number of halogens is 2. The molecule has 4 nitrogen and oxygen atoms in total. The molecule has 1 aliphatic rings. The topological polar surface area (TPSA) is 47.9 Å². The van der Waals surface area contributed by atoms with Gasteiger partial charge in [0.05, 0.1) is 18.7 Å². The third-order valence-corrected chi connectivity index (χ3v) is 3.47. The smallest absolute Gasteiger partial charge is 0.350 e. The van der Waals surface area contributed by atoms with Crippen molar-refractivity contribution in [1.29, 1.82) is 0 Å². The van der Waals surface area contributed by atoms with Gasteiger partial charge in [0.15, 0.2) is 0 Å². The minimum absolute atomic E-state index is 0.235. The Morgan fingerprint density at radius 2 is 2.26 bits per heavy atom. The lowest BCUT2D eigenvalue weighted by atomic mass is 9.90. The molecule has 2 atom stereocenters. The average molecular weight is 330 g/mol. The monoisotopic (exact) mass is 329 g/mol. The number of rotatable bonds is 3. The zero-order valence-corrected chi connectivity index (χ0v) is 12.1. The second-order valence-electron chi connectivity index (χ2n) is 4.20. The van der Waals surface area contributed by atoms with E-state index in [1.165, 1.54) is 19.2 Å². The molecule has 2 rings (SSSR count). The van der Waals surface area contributed by atoms with E-state index in [1.54, 1.807) is 6.07 Å². The van der Waals surface area contributed by atoms with Gasteiger partial charge in [0.25, 0.3) is 0 Å². The molecule has 1 aromatic rings. The van der Waals surface area contributed by atoms with E-state index in [9.17, 15) is 9.18 Å². The molecule has 0 bridgehead atoms. The van der Waals surface area contributed by atoms with Gasteiger partial charge in [-0.3, -0.25) is 0 Å². The Morgan fingerprint density at radius 1 is 1.53 bits per heavy atom. The fraction of sp³-hybridized carbons (Fsp3) is 0.385. The number of carbonyl (C=O) groups excluding carboxylic acids is 1. The van der Waals surface area contributed by atoms with Crippen molar-refractivity contribution in [3.05, 3.63) is 34.1 Å². The highest BCUT2D eigenvalue weighted by Gasteiger charge is 2.39. The minimum Gasteiger partial charge on any atom is -0.466 e. The molecule has 0 N–H and O–H groups in total. The number of nitrogens with zero attached hydrogens (tertiary/aromatic N) is 1. The summed E-state index contributed by atoms with van der Waals surface area (Å²) in [5.74, 6) is -1.08. The molecular weight excluding hydrogens is 317 g/mol. The Morgan fingerprint density at radius 3 is 2.84 bits per heavy atom. The third kappa shape index (κ3) is 2.78. The number of esters is 1. The Balaban J connectivity index is 2.32. The second-order valence-corrected chi connectivity index (χ2v) is 5.11. The number of hydrogen-bond acceptors (Lipinski definition) is 4. The number of oxime groups is 1. The molecule has 19 heavy (non-hydrogen) atoms. The van der Waals surface area contributed by atoms with Crippen LogP contribution >= 0.6 is 15.9 Å². The fourth-order valence-corrected chi connectivity index (χ4v) is 2.56. The Bertz CT molecular complexity index is 512. The van der Waals surface area contributed by atoms with Crippen LogP contribution in [0.1, 0.15) is 18.9 Å². The van der Waals surface area contributed by atoms with Gasteiger partial charge >= 0.3 is 5.97 Å². The van der Waals surface area contributed by atoms with E-state index in [2.05, 4.69) is 25.8 Å². The minimum atomic E-state index is -0.757. The summed E-state index contributed by atoms with van der Waals surface area (Å²) in [6, 6.07) is 4.47. The second kappa shape index (κ2) is 5.69. The van der Waals surface area contributed by atoms with Crippen molar-refractivity contribution in [2.75, 3.05) is 7.11 Å². The lowest BCUT2D eigenvalue weighted by Crippen LogP contribution is -2.32. The van der Waals surface area contributed by atoms with Crippen molar-refractivity contribution in [2.24, 2.45) is 11.1 Å². The van der Waals surface area contributed by atoms with Crippen molar-refractivity contribution in [2.45, 2.75) is 19.4 Å². The molecule has 0 aromatic heterocycles. The zero-order chi connectivity index (χ0) is 14.0. The number of ether oxygens (including phenoxy) is 1. The molecule has 102 valence electrons. The number of benzene rings is 1. The maximum Gasteiger partial charge on any atom is 0.350 e. The van der Waals surface area contributed by atoms with Crippen LogP contribution in [0, 0.1) is 11.7 Å². The van der Waals surface area contributed by atoms with Crippen molar-refractivity contribution in [3.63, 3.8) is 0 Å². The first-order valence-electron chi connectivity index (χ1n) is 5.84. The van der Waals surface area contributed by atoms with Gasteiger partial charge in [0.2, 0.25) is 6.10 Å². The maximum atomic E-state index is 13.4. The SMILES string of the molecule is CCC1C(c2cc(F)cc(Br)c2)=NOC1C(=O)OC. The third-order valence-electron chi connectivity index (χ3n) is 3.01. The van der Waals surface area contributed by atoms with Crippen LogP contribution in [-0.4, -0.2) is 24.9 Å². The standard InChI is InChI=1S/C13H13BrFNO3/c1-3-10-11(16-19-12(10)13(17)18-2)7-4-8(14)6-9(15)5-7/h4-6,10,12H,3H2,1-2H3. The fourth-order valence-electron chi connectivity index (χ4n) is 2.10. The van der Waals surface area contributed by atoms with Crippen LogP contribution in [0.15, 0.2) is 27.8 Å². The van der Waals surface area contributed by atoms with Crippen LogP contribution in [-0.2, 0) is 14.4 Å². The predicted octanol–water partition coefficient (Wildman–Crippen LogP) is 2.89. The highest BCUT2D eigenvalue weighted by Crippen LogP contribution is 2.28. The number of methoxy groups -OCH3 is 1. The van der Waals surface area contributed by atoms with Gasteiger partial charge in [-0.1, -0.05) is 28.0 Å². The van der Waals surface area contributed by atoms with Gasteiger partial charge in [0, 0.05) is 10.0 Å². The molecule has 0 radical (unpaired) electrons. The lowest BCUT2D eigenvalue weighted by molar-refractivity contribution is -0.154. The largest absolute Gasteiger partial charge is 0.466 e. The van der Waals surface area contributed by atoms with E-state index in [0.717, 1.165) is 0 Å². The maximum absolute atomic E-state index is 13.4. The van der Waals surface area contributed by atoms with Crippen molar-refractivity contribution >= 4 is 27.6 Å². The Labute approximate surface area is 118 Å². The molecule has 0 amide bonds. The summed E-state index contributed by atoms with van der Waals surface area (Å²) in [7, 11) is 1.30. The van der Waals surface area contributed by atoms with E-state index < -0.39 is 12.1 Å². The summed E-state index contributed by atoms with van der Waals surface area (Å²) in [6.45, 7) is 1.92. The average Bonchev–Trinajstić information content (AvgIpc) is 2.80. The van der Waals surface area contributed by atoms with Crippen LogP contribution in [0.25, 0.3) is 0 Å². The molecule has 2 unspecified atom stereocenters. The zero-order valence-electron chi connectivity index (χ0n) is 10.5. The summed E-state index contributed by atoms with van der Waals surface area (Å²) in [5, 5.41) is 3.92. The first-order valence-corrected chi connectivity index (χ1v) is 6.64. The van der Waals surface area contributed by atoms with E-state index in [0.29, 0.717) is 22.2 Å². The van der Waals surface area contributed by atoms with Crippen molar-refractivity contribution in [1.82, 2.24) is 0 Å². The Kier molecular flexibility index (Phi) is 4.19. The number of hydrogen-bond donors (Lipinski definition) is 0. The van der Waals surface area contributed by atoms with E-state index in [4.69, 9.17) is 4.84 Å². The molecular formula is C13H13BrFNO3. The summed E-state index contributed by atoms with van der Waals surface area (Å²) in [4.78, 5) is 16.7. The molecule has 0 saturated heterocycles. The molecule has 0 fully saturated rings. The molecule has 1 aromatic carbocycles. The normalized spacial score (nSPS) is 21.8. The lowest BCUT2D eigenvalue weighted by Gasteiger charge is -2.15. The summed E-state index contributed by atoms with van der Waals surface area (Å²) >= 11 is 3.23. The van der Waals surface area contributed by atoms with Gasteiger partial charge in [0.1, 0.15) is 5.82 Å². The van der Waals surface area contributed by atoms with E-state index in [1.807, 2.05) is 6.92 Å². The molecule has 0 spiro atoms. The van der Waals surface area contributed by atoms with Crippen LogP contribution in [0.3, 0.4) is 0 Å². The number of carbonyl (C=O) groups is 1. The van der Waals surface area contributed by atoms with Crippen LogP contribution in [0.5, 0.6) is 0 Å². The molecule has 6 heteroatoms. The molecule has 0 saturated carbocycles. The predicted molar refractivity (Wildman–Crippen MR) is 71.3 cm³/mol. The molecule has 1 heterocycles. The van der Waals surface area contributed by atoms with E-state index >= 15 is 0 Å². The Hall–Kier alpha value is -1.43. The van der Waals surface area contributed by atoms with Crippen LogP contribution in [0.4, 0.5) is 4.39 Å². The highest BCUT2D eigenvalue weighted by atomic mass is 79.9. The van der Waals surface area contributed by atoms with Gasteiger partial charge in [-0.2, -0.15) is 0 Å². The van der Waals surface area contributed by atoms with Crippen molar-refractivity contribution in [3.8, 4) is 0 Å².